The van der Waals surface area contributed by atoms with Gasteiger partial charge in [-0.1, -0.05) is 24.3 Å². The molecule has 0 saturated carbocycles. The van der Waals surface area contributed by atoms with Crippen molar-refractivity contribution in [3.8, 4) is 11.5 Å². The monoisotopic (exact) mass is 415 g/mol. The summed E-state index contributed by atoms with van der Waals surface area (Å²) >= 11 is 0. The third-order valence-corrected chi connectivity index (χ3v) is 5.47. The van der Waals surface area contributed by atoms with Crippen molar-refractivity contribution in [2.75, 3.05) is 54.0 Å². The second-order valence-electron chi connectivity index (χ2n) is 7.58. The van der Waals surface area contributed by atoms with Gasteiger partial charge in [-0.2, -0.15) is 0 Å². The fourth-order valence-corrected chi connectivity index (χ4v) is 3.63. The Labute approximate surface area is 177 Å². The van der Waals surface area contributed by atoms with Gasteiger partial charge in [0, 0.05) is 51.9 Å². The molecule has 6 nitrogen and oxygen atoms in total. The van der Waals surface area contributed by atoms with Crippen molar-refractivity contribution < 1.29 is 18.7 Å². The zero-order chi connectivity index (χ0) is 21.5. The van der Waals surface area contributed by atoms with Crippen LogP contribution in [0.1, 0.15) is 11.1 Å². The van der Waals surface area contributed by atoms with E-state index < -0.39 is 0 Å². The SMILES string of the molecule is COc1ccc(CN2CCN(CC(=O)N(C)Cc3ccccc3F)CC2)cc1OC. The lowest BCUT2D eigenvalue weighted by Crippen LogP contribution is -2.49. The van der Waals surface area contributed by atoms with E-state index >= 15 is 0 Å². The highest BCUT2D eigenvalue weighted by atomic mass is 19.1. The number of benzene rings is 2. The Morgan fingerprint density at radius 3 is 2.33 bits per heavy atom. The molecule has 1 aliphatic heterocycles. The number of likely N-dealkylation sites (N-methyl/N-ethyl adjacent to an activating group) is 1. The van der Waals surface area contributed by atoms with Gasteiger partial charge in [-0.25, -0.2) is 4.39 Å². The van der Waals surface area contributed by atoms with Crippen LogP contribution in [0.25, 0.3) is 0 Å². The van der Waals surface area contributed by atoms with Crippen LogP contribution in [0.2, 0.25) is 0 Å². The molecule has 1 aliphatic rings. The minimum absolute atomic E-state index is 0.00611. The van der Waals surface area contributed by atoms with E-state index in [0.29, 0.717) is 12.1 Å². The Kier molecular flexibility index (Phi) is 7.65. The van der Waals surface area contributed by atoms with E-state index in [2.05, 4.69) is 15.9 Å². The Bertz CT molecular complexity index is 853. The van der Waals surface area contributed by atoms with Crippen molar-refractivity contribution >= 4 is 5.91 Å². The third-order valence-electron chi connectivity index (χ3n) is 5.47. The van der Waals surface area contributed by atoms with Gasteiger partial charge in [0.2, 0.25) is 5.91 Å². The molecule has 1 amide bonds. The van der Waals surface area contributed by atoms with Crippen LogP contribution in [0.4, 0.5) is 4.39 Å². The van der Waals surface area contributed by atoms with Crippen LogP contribution in [0.3, 0.4) is 0 Å². The second-order valence-corrected chi connectivity index (χ2v) is 7.58. The quantitative estimate of drug-likeness (QED) is 0.663. The number of piperazine rings is 1. The first-order chi connectivity index (χ1) is 14.5. The second kappa shape index (κ2) is 10.4. The van der Waals surface area contributed by atoms with Gasteiger partial charge in [-0.15, -0.1) is 0 Å². The van der Waals surface area contributed by atoms with Gasteiger partial charge in [0.1, 0.15) is 5.82 Å². The van der Waals surface area contributed by atoms with E-state index in [-0.39, 0.29) is 18.3 Å². The van der Waals surface area contributed by atoms with Gasteiger partial charge in [0.05, 0.1) is 20.8 Å². The predicted molar refractivity (Wildman–Crippen MR) is 114 cm³/mol. The van der Waals surface area contributed by atoms with Gasteiger partial charge >= 0.3 is 0 Å². The number of hydrogen-bond acceptors (Lipinski definition) is 5. The zero-order valence-corrected chi connectivity index (χ0v) is 17.9. The maximum absolute atomic E-state index is 13.8. The normalized spacial score (nSPS) is 15.1. The first kappa shape index (κ1) is 22.1. The van der Waals surface area contributed by atoms with E-state index in [9.17, 15) is 9.18 Å². The van der Waals surface area contributed by atoms with Gasteiger partial charge in [0.15, 0.2) is 11.5 Å². The number of ether oxygens (including phenoxy) is 2. The molecule has 0 radical (unpaired) electrons. The summed E-state index contributed by atoms with van der Waals surface area (Å²) in [5, 5.41) is 0. The molecule has 7 heteroatoms. The molecule has 0 aliphatic carbocycles. The highest BCUT2D eigenvalue weighted by Gasteiger charge is 2.21. The summed E-state index contributed by atoms with van der Waals surface area (Å²) in [5.74, 6) is 1.19. The number of rotatable bonds is 8. The maximum Gasteiger partial charge on any atom is 0.236 e. The van der Waals surface area contributed by atoms with Crippen LogP contribution in [0.15, 0.2) is 42.5 Å². The minimum atomic E-state index is -0.277. The Morgan fingerprint density at radius 2 is 1.67 bits per heavy atom. The lowest BCUT2D eigenvalue weighted by Gasteiger charge is -2.35. The fraction of sp³-hybridized carbons (Fsp3) is 0.435. The molecule has 0 spiro atoms. The van der Waals surface area contributed by atoms with Gasteiger partial charge < -0.3 is 14.4 Å². The highest BCUT2D eigenvalue weighted by Crippen LogP contribution is 2.28. The van der Waals surface area contributed by atoms with E-state index in [1.807, 2.05) is 12.1 Å². The molecular formula is C23H30FN3O3. The van der Waals surface area contributed by atoms with Gasteiger partial charge in [0.25, 0.3) is 0 Å². The number of halogens is 1. The van der Waals surface area contributed by atoms with Crippen molar-refractivity contribution in [3.63, 3.8) is 0 Å². The molecule has 2 aromatic carbocycles. The molecule has 1 heterocycles. The third kappa shape index (κ3) is 5.70. The molecular weight excluding hydrogens is 385 g/mol. The topological polar surface area (TPSA) is 45.2 Å². The summed E-state index contributed by atoms with van der Waals surface area (Å²) < 4.78 is 24.5. The fourth-order valence-electron chi connectivity index (χ4n) is 3.63. The molecule has 0 bridgehead atoms. The van der Waals surface area contributed by atoms with Crippen molar-refractivity contribution in [2.24, 2.45) is 0 Å². The molecule has 0 aromatic heterocycles. The Morgan fingerprint density at radius 1 is 1.00 bits per heavy atom. The Hall–Kier alpha value is -2.64. The lowest BCUT2D eigenvalue weighted by molar-refractivity contribution is -0.132. The summed E-state index contributed by atoms with van der Waals surface area (Å²) in [7, 11) is 4.99. The number of nitrogens with zero attached hydrogens (tertiary/aromatic N) is 3. The smallest absolute Gasteiger partial charge is 0.236 e. The van der Waals surface area contributed by atoms with E-state index in [1.54, 1.807) is 44.4 Å². The minimum Gasteiger partial charge on any atom is -0.493 e. The molecule has 1 fully saturated rings. The lowest BCUT2D eigenvalue weighted by atomic mass is 10.1. The first-order valence-corrected chi connectivity index (χ1v) is 10.1. The number of hydrogen-bond donors (Lipinski definition) is 0. The predicted octanol–water partition coefficient (Wildman–Crippen LogP) is 2.62. The average Bonchev–Trinajstić information content (AvgIpc) is 2.76. The number of carbonyl (C=O) groups excluding carboxylic acids is 1. The van der Waals surface area contributed by atoms with Crippen molar-refractivity contribution in [2.45, 2.75) is 13.1 Å². The van der Waals surface area contributed by atoms with Crippen LogP contribution in [-0.2, 0) is 17.9 Å². The van der Waals surface area contributed by atoms with E-state index in [4.69, 9.17) is 9.47 Å². The Balaban J connectivity index is 1.46. The highest BCUT2D eigenvalue weighted by molar-refractivity contribution is 5.78. The summed E-state index contributed by atoms with van der Waals surface area (Å²) in [6.07, 6.45) is 0. The van der Waals surface area contributed by atoms with Crippen molar-refractivity contribution in [3.05, 3.63) is 59.4 Å². The zero-order valence-electron chi connectivity index (χ0n) is 17.9. The number of methoxy groups -OCH3 is 2. The van der Waals surface area contributed by atoms with Crippen LogP contribution < -0.4 is 9.47 Å². The molecule has 162 valence electrons. The largest absolute Gasteiger partial charge is 0.493 e. The van der Waals surface area contributed by atoms with Gasteiger partial charge in [-0.3, -0.25) is 14.6 Å². The van der Waals surface area contributed by atoms with Gasteiger partial charge in [-0.05, 0) is 23.8 Å². The maximum atomic E-state index is 13.8. The molecule has 0 N–H and O–H groups in total. The summed E-state index contributed by atoms with van der Waals surface area (Å²) in [6.45, 7) is 4.89. The van der Waals surface area contributed by atoms with Crippen LogP contribution >= 0.6 is 0 Å². The summed E-state index contributed by atoms with van der Waals surface area (Å²) in [4.78, 5) is 18.7. The average molecular weight is 416 g/mol. The molecule has 0 atom stereocenters. The van der Waals surface area contributed by atoms with Crippen molar-refractivity contribution in [1.29, 1.82) is 0 Å². The molecule has 3 rings (SSSR count). The molecule has 0 unspecified atom stereocenters. The molecule has 2 aromatic rings. The standard InChI is InChI=1S/C23H30FN3O3/c1-25(16-19-6-4-5-7-20(19)24)23(28)17-27-12-10-26(11-13-27)15-18-8-9-21(29-2)22(14-18)30-3/h4-9,14H,10-13,15-17H2,1-3H3. The van der Waals surface area contributed by atoms with Crippen LogP contribution in [-0.4, -0.2) is 74.6 Å². The van der Waals surface area contributed by atoms with E-state index in [1.165, 1.54) is 11.6 Å². The summed E-state index contributed by atoms with van der Waals surface area (Å²) in [6, 6.07) is 12.6. The number of carbonyl (C=O) groups is 1. The van der Waals surface area contributed by atoms with Crippen LogP contribution in [0.5, 0.6) is 11.5 Å². The van der Waals surface area contributed by atoms with Crippen molar-refractivity contribution in [1.82, 2.24) is 14.7 Å². The molecule has 1 saturated heterocycles. The van der Waals surface area contributed by atoms with Crippen LogP contribution in [0, 0.1) is 5.82 Å². The first-order valence-electron chi connectivity index (χ1n) is 10.1. The summed E-state index contributed by atoms with van der Waals surface area (Å²) in [5.41, 5.74) is 1.70. The number of amides is 1. The molecule has 30 heavy (non-hydrogen) atoms. The van der Waals surface area contributed by atoms with E-state index in [0.717, 1.165) is 44.2 Å².